The Morgan fingerprint density at radius 1 is 1.47 bits per heavy atom. The maximum Gasteiger partial charge on any atom is 0.339 e. The van der Waals surface area contributed by atoms with E-state index in [4.69, 9.17) is 26.2 Å². The predicted octanol–water partition coefficient (Wildman–Crippen LogP) is 2.64. The second kappa shape index (κ2) is 6.12. The zero-order valence-corrected chi connectivity index (χ0v) is 11.4. The van der Waals surface area contributed by atoms with Gasteiger partial charge in [-0.3, -0.25) is 0 Å². The Labute approximate surface area is 116 Å². The van der Waals surface area contributed by atoms with Crippen molar-refractivity contribution in [1.29, 1.82) is 0 Å². The largest absolute Gasteiger partial charge is 0.494 e. The molecule has 1 saturated heterocycles. The molecular formula is C13H16ClNO4. The monoisotopic (exact) mass is 285 g/mol. The summed E-state index contributed by atoms with van der Waals surface area (Å²) in [6, 6.07) is 3.31. The van der Waals surface area contributed by atoms with Crippen molar-refractivity contribution in [2.75, 3.05) is 25.6 Å². The topological polar surface area (TPSA) is 67.8 Å². The number of carbonyl (C=O) groups is 1. The molecule has 0 aliphatic carbocycles. The SMILES string of the molecule is COc1c(NC2CCOCC2)cc(Cl)cc1C(=O)O. The third kappa shape index (κ3) is 3.30. The van der Waals surface area contributed by atoms with Gasteiger partial charge in [0.05, 0.1) is 12.8 Å². The molecule has 0 bridgehead atoms. The fourth-order valence-electron chi connectivity index (χ4n) is 2.14. The van der Waals surface area contributed by atoms with Gasteiger partial charge in [0.2, 0.25) is 0 Å². The molecule has 0 unspecified atom stereocenters. The van der Waals surface area contributed by atoms with Crippen molar-refractivity contribution in [3.63, 3.8) is 0 Å². The number of aromatic carboxylic acids is 1. The van der Waals surface area contributed by atoms with Gasteiger partial charge in [-0.2, -0.15) is 0 Å². The third-order valence-electron chi connectivity index (χ3n) is 3.07. The molecule has 0 spiro atoms. The van der Waals surface area contributed by atoms with Crippen molar-refractivity contribution in [3.05, 3.63) is 22.7 Å². The average Bonchev–Trinajstić information content (AvgIpc) is 2.39. The number of carboxylic acid groups (broad SMARTS) is 1. The molecule has 2 N–H and O–H groups in total. The maximum atomic E-state index is 11.2. The summed E-state index contributed by atoms with van der Waals surface area (Å²) >= 11 is 5.96. The third-order valence-corrected chi connectivity index (χ3v) is 3.29. The van der Waals surface area contributed by atoms with E-state index >= 15 is 0 Å². The summed E-state index contributed by atoms with van der Waals surface area (Å²) in [5.74, 6) is -0.752. The Kier molecular flexibility index (Phi) is 4.50. The van der Waals surface area contributed by atoms with E-state index < -0.39 is 5.97 Å². The number of benzene rings is 1. The molecule has 5 nitrogen and oxygen atoms in total. The Hall–Kier alpha value is -1.46. The van der Waals surface area contributed by atoms with Crippen LogP contribution in [-0.2, 0) is 4.74 Å². The number of anilines is 1. The van der Waals surface area contributed by atoms with Gasteiger partial charge in [-0.1, -0.05) is 11.6 Å². The van der Waals surface area contributed by atoms with Crippen LogP contribution in [0.25, 0.3) is 0 Å². The molecule has 104 valence electrons. The summed E-state index contributed by atoms with van der Waals surface area (Å²) in [6.07, 6.45) is 1.75. The second-order valence-electron chi connectivity index (χ2n) is 4.37. The summed E-state index contributed by atoms with van der Waals surface area (Å²) in [5.41, 5.74) is 0.670. The first-order valence-electron chi connectivity index (χ1n) is 6.07. The molecular weight excluding hydrogens is 270 g/mol. The van der Waals surface area contributed by atoms with E-state index in [9.17, 15) is 4.79 Å². The van der Waals surface area contributed by atoms with Gasteiger partial charge in [-0.05, 0) is 25.0 Å². The average molecular weight is 286 g/mol. The van der Waals surface area contributed by atoms with Crippen LogP contribution >= 0.6 is 11.6 Å². The smallest absolute Gasteiger partial charge is 0.339 e. The van der Waals surface area contributed by atoms with Crippen LogP contribution in [0.1, 0.15) is 23.2 Å². The summed E-state index contributed by atoms with van der Waals surface area (Å²) < 4.78 is 10.5. The Morgan fingerprint density at radius 2 is 2.16 bits per heavy atom. The van der Waals surface area contributed by atoms with E-state index in [1.807, 2.05) is 0 Å². The van der Waals surface area contributed by atoms with Gasteiger partial charge in [0.25, 0.3) is 0 Å². The van der Waals surface area contributed by atoms with Crippen LogP contribution in [0.4, 0.5) is 5.69 Å². The van der Waals surface area contributed by atoms with Crippen LogP contribution in [0.2, 0.25) is 5.02 Å². The lowest BCUT2D eigenvalue weighted by Crippen LogP contribution is -2.28. The molecule has 1 fully saturated rings. The minimum Gasteiger partial charge on any atom is -0.494 e. The molecule has 0 aromatic heterocycles. The zero-order valence-electron chi connectivity index (χ0n) is 10.6. The number of nitrogens with one attached hydrogen (secondary N) is 1. The molecule has 1 aliphatic rings. The molecule has 1 aromatic rings. The fourth-order valence-corrected chi connectivity index (χ4v) is 2.36. The van der Waals surface area contributed by atoms with Gasteiger partial charge in [0, 0.05) is 24.3 Å². The summed E-state index contributed by atoms with van der Waals surface area (Å²) in [7, 11) is 1.45. The van der Waals surface area contributed by atoms with E-state index in [0.29, 0.717) is 29.7 Å². The molecule has 0 radical (unpaired) electrons. The van der Waals surface area contributed by atoms with Crippen molar-refractivity contribution in [2.24, 2.45) is 0 Å². The minimum atomic E-state index is -1.06. The highest BCUT2D eigenvalue weighted by atomic mass is 35.5. The van der Waals surface area contributed by atoms with Crippen LogP contribution in [0.15, 0.2) is 12.1 Å². The van der Waals surface area contributed by atoms with Crippen molar-refractivity contribution < 1.29 is 19.4 Å². The van der Waals surface area contributed by atoms with Crippen molar-refractivity contribution in [2.45, 2.75) is 18.9 Å². The van der Waals surface area contributed by atoms with Gasteiger partial charge in [-0.25, -0.2) is 4.79 Å². The zero-order chi connectivity index (χ0) is 13.8. The number of ether oxygens (including phenoxy) is 2. The van der Waals surface area contributed by atoms with Crippen LogP contribution in [0, 0.1) is 0 Å². The number of carboxylic acids is 1. The molecule has 6 heteroatoms. The quantitative estimate of drug-likeness (QED) is 0.890. The highest BCUT2D eigenvalue weighted by Gasteiger charge is 2.20. The van der Waals surface area contributed by atoms with Crippen LogP contribution < -0.4 is 10.1 Å². The van der Waals surface area contributed by atoms with E-state index in [1.54, 1.807) is 6.07 Å². The number of halogens is 1. The van der Waals surface area contributed by atoms with Crippen molar-refractivity contribution >= 4 is 23.3 Å². The summed E-state index contributed by atoms with van der Waals surface area (Å²) in [4.78, 5) is 11.2. The normalized spacial score (nSPS) is 16.1. The Bertz CT molecular complexity index is 472. The highest BCUT2D eigenvalue weighted by molar-refractivity contribution is 6.31. The van der Waals surface area contributed by atoms with Crippen LogP contribution in [0.3, 0.4) is 0 Å². The van der Waals surface area contributed by atoms with Crippen molar-refractivity contribution in [3.8, 4) is 5.75 Å². The van der Waals surface area contributed by atoms with E-state index in [1.165, 1.54) is 13.2 Å². The molecule has 1 aliphatic heterocycles. The van der Waals surface area contributed by atoms with Gasteiger partial charge >= 0.3 is 5.97 Å². The summed E-state index contributed by atoms with van der Waals surface area (Å²) in [6.45, 7) is 1.40. The van der Waals surface area contributed by atoms with Gasteiger partial charge in [0.15, 0.2) is 5.75 Å². The van der Waals surface area contributed by atoms with Crippen LogP contribution in [0.5, 0.6) is 5.75 Å². The molecule has 0 saturated carbocycles. The van der Waals surface area contributed by atoms with E-state index in [2.05, 4.69) is 5.32 Å². The van der Waals surface area contributed by atoms with E-state index in [-0.39, 0.29) is 11.6 Å². The standard InChI is InChI=1S/C13H16ClNO4/c1-18-12-10(13(16)17)6-8(14)7-11(12)15-9-2-4-19-5-3-9/h6-7,9,15H,2-5H2,1H3,(H,16,17). The maximum absolute atomic E-state index is 11.2. The van der Waals surface area contributed by atoms with Gasteiger partial charge in [0.1, 0.15) is 5.56 Å². The lowest BCUT2D eigenvalue weighted by atomic mass is 10.1. The molecule has 19 heavy (non-hydrogen) atoms. The lowest BCUT2D eigenvalue weighted by Gasteiger charge is -2.25. The lowest BCUT2D eigenvalue weighted by molar-refractivity contribution is 0.0693. The molecule has 0 amide bonds. The molecule has 1 aromatic carbocycles. The molecule has 2 rings (SSSR count). The number of hydrogen-bond donors (Lipinski definition) is 2. The first-order chi connectivity index (χ1) is 9.11. The second-order valence-corrected chi connectivity index (χ2v) is 4.81. The van der Waals surface area contributed by atoms with Gasteiger partial charge < -0.3 is 19.9 Å². The number of rotatable bonds is 4. The fraction of sp³-hybridized carbons (Fsp3) is 0.462. The summed E-state index contributed by atoms with van der Waals surface area (Å²) in [5, 5.41) is 12.8. The minimum absolute atomic E-state index is 0.0598. The first-order valence-corrected chi connectivity index (χ1v) is 6.44. The molecule has 1 heterocycles. The van der Waals surface area contributed by atoms with Crippen LogP contribution in [-0.4, -0.2) is 37.4 Å². The Morgan fingerprint density at radius 3 is 2.74 bits per heavy atom. The Balaban J connectivity index is 2.29. The number of methoxy groups -OCH3 is 1. The van der Waals surface area contributed by atoms with E-state index in [0.717, 1.165) is 12.8 Å². The number of hydrogen-bond acceptors (Lipinski definition) is 4. The van der Waals surface area contributed by atoms with Crippen molar-refractivity contribution in [1.82, 2.24) is 0 Å². The van der Waals surface area contributed by atoms with Gasteiger partial charge in [-0.15, -0.1) is 0 Å². The predicted molar refractivity (Wildman–Crippen MR) is 72.4 cm³/mol. The molecule has 0 atom stereocenters. The highest BCUT2D eigenvalue weighted by Crippen LogP contribution is 2.34. The first kappa shape index (κ1) is 14.0.